The highest BCUT2D eigenvalue weighted by atomic mass is 16.3. The van der Waals surface area contributed by atoms with Gasteiger partial charge >= 0.3 is 0 Å². The molecule has 2 atom stereocenters. The van der Waals surface area contributed by atoms with Crippen LogP contribution in [0.3, 0.4) is 0 Å². The minimum Gasteiger partial charge on any atom is -0.392 e. The lowest BCUT2D eigenvalue weighted by Crippen LogP contribution is -2.37. The minimum absolute atomic E-state index is 0.0730. The molecule has 0 aromatic carbocycles. The summed E-state index contributed by atoms with van der Waals surface area (Å²) in [4.78, 5) is 9.07. The summed E-state index contributed by atoms with van der Waals surface area (Å²) in [5.74, 6) is 0. The number of fused-ring (bicyclic) bond motifs is 2. The zero-order valence-corrected chi connectivity index (χ0v) is 10.9. The first-order valence-corrected chi connectivity index (χ1v) is 6.80. The Hall–Kier alpha value is -1.13. The van der Waals surface area contributed by atoms with E-state index in [1.807, 2.05) is 12.3 Å². The fraction of sp³-hybridized carbons (Fsp3) is 0.643. The molecule has 4 heteroatoms. The Kier molecular flexibility index (Phi) is 3.22. The second-order valence-corrected chi connectivity index (χ2v) is 5.45. The van der Waals surface area contributed by atoms with Crippen molar-refractivity contribution in [2.45, 2.75) is 38.0 Å². The largest absolute Gasteiger partial charge is 0.392 e. The van der Waals surface area contributed by atoms with E-state index in [9.17, 15) is 5.11 Å². The van der Waals surface area contributed by atoms with Crippen LogP contribution in [0.15, 0.2) is 18.5 Å². The number of aliphatic hydroxyl groups excluding tert-OH is 1. The molecule has 2 aliphatic heterocycles. The monoisotopic (exact) mass is 247 g/mol. The van der Waals surface area contributed by atoms with Crippen molar-refractivity contribution in [2.24, 2.45) is 0 Å². The highest BCUT2D eigenvalue weighted by Crippen LogP contribution is 2.31. The molecule has 18 heavy (non-hydrogen) atoms. The smallest absolute Gasteiger partial charge is 0.0717 e. The first-order chi connectivity index (χ1) is 8.79. The zero-order chi connectivity index (χ0) is 12.5. The van der Waals surface area contributed by atoms with E-state index >= 15 is 0 Å². The predicted octanol–water partition coefficient (Wildman–Crippen LogP) is 1.25. The van der Waals surface area contributed by atoms with Crippen LogP contribution in [0.4, 0.5) is 5.69 Å². The number of hydrogen-bond acceptors (Lipinski definition) is 4. The summed E-state index contributed by atoms with van der Waals surface area (Å²) >= 11 is 0. The maximum Gasteiger partial charge on any atom is 0.0717 e. The van der Waals surface area contributed by atoms with Gasteiger partial charge in [0.2, 0.25) is 0 Å². The fourth-order valence-electron chi connectivity index (χ4n) is 3.38. The lowest BCUT2D eigenvalue weighted by atomic mass is 10.1. The molecular formula is C14H21N3O. The number of pyridine rings is 1. The lowest BCUT2D eigenvalue weighted by molar-refractivity contribution is 0.254. The first kappa shape index (κ1) is 11.9. The van der Waals surface area contributed by atoms with Gasteiger partial charge in [-0.05, 0) is 32.4 Å². The molecule has 0 spiro atoms. The van der Waals surface area contributed by atoms with Crippen molar-refractivity contribution in [3.8, 4) is 0 Å². The average Bonchev–Trinajstić information content (AvgIpc) is 2.63. The molecule has 2 bridgehead atoms. The Morgan fingerprint density at radius 1 is 1.33 bits per heavy atom. The van der Waals surface area contributed by atoms with Gasteiger partial charge in [0.1, 0.15) is 0 Å². The number of rotatable bonds is 2. The molecule has 2 aliphatic rings. The highest BCUT2D eigenvalue weighted by molar-refractivity contribution is 5.52. The predicted molar refractivity (Wildman–Crippen MR) is 71.6 cm³/mol. The Labute approximate surface area is 108 Å². The second kappa shape index (κ2) is 4.86. The third kappa shape index (κ3) is 1.99. The van der Waals surface area contributed by atoms with Crippen molar-refractivity contribution >= 4 is 5.69 Å². The van der Waals surface area contributed by atoms with Crippen LogP contribution >= 0.6 is 0 Å². The van der Waals surface area contributed by atoms with Crippen molar-refractivity contribution in [3.05, 3.63) is 24.0 Å². The molecule has 3 heterocycles. The summed E-state index contributed by atoms with van der Waals surface area (Å²) in [6.07, 6.45) is 7.47. The van der Waals surface area contributed by atoms with Crippen molar-refractivity contribution in [1.29, 1.82) is 0 Å². The normalized spacial score (nSPS) is 28.4. The van der Waals surface area contributed by atoms with E-state index in [0.29, 0.717) is 6.04 Å². The van der Waals surface area contributed by atoms with Crippen molar-refractivity contribution in [3.63, 3.8) is 0 Å². The van der Waals surface area contributed by atoms with Gasteiger partial charge in [-0.3, -0.25) is 9.88 Å². The Morgan fingerprint density at radius 3 is 3.00 bits per heavy atom. The quantitative estimate of drug-likeness (QED) is 0.853. The van der Waals surface area contributed by atoms with Crippen molar-refractivity contribution < 1.29 is 5.11 Å². The molecule has 1 N–H and O–H groups in total. The van der Waals surface area contributed by atoms with Gasteiger partial charge in [-0.2, -0.15) is 0 Å². The second-order valence-electron chi connectivity index (χ2n) is 5.45. The van der Waals surface area contributed by atoms with Crippen LogP contribution in [-0.4, -0.2) is 47.2 Å². The van der Waals surface area contributed by atoms with Crippen LogP contribution in [0.5, 0.6) is 0 Å². The minimum atomic E-state index is 0.0730. The number of likely N-dealkylation sites (N-methyl/N-ethyl adjacent to an activating group) is 1. The molecular weight excluding hydrogens is 226 g/mol. The fourth-order valence-corrected chi connectivity index (χ4v) is 3.38. The van der Waals surface area contributed by atoms with Crippen LogP contribution in [0.25, 0.3) is 0 Å². The molecule has 98 valence electrons. The molecule has 0 radical (unpaired) electrons. The number of nitrogens with zero attached hydrogens (tertiary/aromatic N) is 3. The number of aliphatic hydroxyl groups is 1. The van der Waals surface area contributed by atoms with Crippen LogP contribution in [-0.2, 0) is 6.61 Å². The molecule has 0 saturated carbocycles. The summed E-state index contributed by atoms with van der Waals surface area (Å²) in [6.45, 7) is 2.23. The maximum absolute atomic E-state index is 9.43. The summed E-state index contributed by atoms with van der Waals surface area (Å²) in [7, 11) is 2.26. The lowest BCUT2D eigenvalue weighted by Gasteiger charge is -2.28. The Morgan fingerprint density at radius 2 is 2.17 bits per heavy atom. The standard InChI is InChI=1S/C14H21N3O/c1-16-12-2-3-13(16)9-17(7-5-12)14-4-6-15-8-11(14)10-18/h4,6,8,12-13,18H,2-3,5,7,9-10H2,1H3. The molecule has 2 saturated heterocycles. The van der Waals surface area contributed by atoms with Gasteiger partial charge in [-0.25, -0.2) is 0 Å². The van der Waals surface area contributed by atoms with Crippen LogP contribution in [0, 0.1) is 0 Å². The molecule has 3 rings (SSSR count). The summed E-state index contributed by atoms with van der Waals surface area (Å²) < 4.78 is 0. The molecule has 0 aliphatic carbocycles. The molecule has 1 aromatic rings. The van der Waals surface area contributed by atoms with E-state index in [4.69, 9.17) is 0 Å². The third-order valence-corrected chi connectivity index (χ3v) is 4.54. The van der Waals surface area contributed by atoms with Crippen molar-refractivity contribution in [2.75, 3.05) is 25.0 Å². The summed E-state index contributed by atoms with van der Waals surface area (Å²) in [5, 5.41) is 9.43. The zero-order valence-electron chi connectivity index (χ0n) is 10.9. The van der Waals surface area contributed by atoms with Crippen molar-refractivity contribution in [1.82, 2.24) is 9.88 Å². The summed E-state index contributed by atoms with van der Waals surface area (Å²) in [6, 6.07) is 3.45. The molecule has 1 aromatic heterocycles. The Balaban J connectivity index is 1.84. The van der Waals surface area contributed by atoms with E-state index in [0.717, 1.165) is 30.4 Å². The number of aromatic nitrogens is 1. The molecule has 2 fully saturated rings. The Bertz CT molecular complexity index is 423. The molecule has 0 amide bonds. The van der Waals surface area contributed by atoms with Gasteiger partial charge < -0.3 is 10.0 Å². The van der Waals surface area contributed by atoms with Crippen LogP contribution in [0.1, 0.15) is 24.8 Å². The van der Waals surface area contributed by atoms with Gasteiger partial charge in [0.25, 0.3) is 0 Å². The molecule has 4 nitrogen and oxygen atoms in total. The SMILES string of the molecule is CN1C2CCC1CN(c1ccncc1CO)CC2. The van der Waals surface area contributed by atoms with Crippen LogP contribution < -0.4 is 4.90 Å². The van der Waals surface area contributed by atoms with Gasteiger partial charge in [0.15, 0.2) is 0 Å². The van der Waals surface area contributed by atoms with Gasteiger partial charge in [-0.1, -0.05) is 0 Å². The third-order valence-electron chi connectivity index (χ3n) is 4.54. The van der Waals surface area contributed by atoms with Gasteiger partial charge in [0, 0.05) is 48.8 Å². The van der Waals surface area contributed by atoms with Gasteiger partial charge in [0.05, 0.1) is 6.61 Å². The number of anilines is 1. The molecule has 2 unspecified atom stereocenters. The first-order valence-electron chi connectivity index (χ1n) is 6.80. The highest BCUT2D eigenvalue weighted by Gasteiger charge is 2.34. The van der Waals surface area contributed by atoms with E-state index in [1.165, 1.54) is 19.3 Å². The topological polar surface area (TPSA) is 39.6 Å². The van der Waals surface area contributed by atoms with Crippen LogP contribution in [0.2, 0.25) is 0 Å². The average molecular weight is 247 g/mol. The maximum atomic E-state index is 9.43. The van der Waals surface area contributed by atoms with Gasteiger partial charge in [-0.15, -0.1) is 0 Å². The van der Waals surface area contributed by atoms with E-state index in [-0.39, 0.29) is 6.61 Å². The number of hydrogen-bond donors (Lipinski definition) is 1. The van der Waals surface area contributed by atoms with E-state index in [1.54, 1.807) is 6.20 Å². The van der Waals surface area contributed by atoms with E-state index < -0.39 is 0 Å². The summed E-state index contributed by atoms with van der Waals surface area (Å²) in [5.41, 5.74) is 2.10. The van der Waals surface area contributed by atoms with E-state index in [2.05, 4.69) is 21.8 Å².